The highest BCUT2D eigenvalue weighted by atomic mass is 16.4. The summed E-state index contributed by atoms with van der Waals surface area (Å²) in [7, 11) is 0. The van der Waals surface area contributed by atoms with Crippen LogP contribution < -0.4 is 0 Å². The van der Waals surface area contributed by atoms with Crippen molar-refractivity contribution in [3.8, 4) is 0 Å². The summed E-state index contributed by atoms with van der Waals surface area (Å²) >= 11 is 0. The summed E-state index contributed by atoms with van der Waals surface area (Å²) in [6.07, 6.45) is 0.533. The Morgan fingerprint density at radius 1 is 1.50 bits per heavy atom. The fourth-order valence-electron chi connectivity index (χ4n) is 0.543. The molecule has 1 atom stereocenters. The topological polar surface area (TPSA) is 54.4 Å². The third-order valence-corrected chi connectivity index (χ3v) is 1.49. The highest BCUT2D eigenvalue weighted by molar-refractivity contribution is 5.78. The summed E-state index contributed by atoms with van der Waals surface area (Å²) in [5, 5.41) is 8.23. The summed E-state index contributed by atoms with van der Waals surface area (Å²) in [5.41, 5.74) is 0. The van der Waals surface area contributed by atoms with E-state index in [1.807, 2.05) is 0 Å². The van der Waals surface area contributed by atoms with Crippen molar-refractivity contribution in [3.05, 3.63) is 0 Å². The Morgan fingerprint density at radius 2 is 2.00 bits per heavy atom. The van der Waals surface area contributed by atoms with E-state index >= 15 is 0 Å². The molecule has 0 rings (SSSR count). The molecule has 0 aliphatic carbocycles. The van der Waals surface area contributed by atoms with Crippen molar-refractivity contribution in [2.45, 2.75) is 26.7 Å². The lowest BCUT2D eigenvalue weighted by Crippen LogP contribution is -2.08. The third kappa shape index (κ3) is 4.06. The monoisotopic (exact) mass is 144 g/mol. The molecule has 3 nitrogen and oxygen atoms in total. The summed E-state index contributed by atoms with van der Waals surface area (Å²) in [5.74, 6) is -0.898. The summed E-state index contributed by atoms with van der Waals surface area (Å²) in [6, 6.07) is 0. The van der Waals surface area contributed by atoms with Crippen LogP contribution in [0.15, 0.2) is 0 Å². The average Bonchev–Trinajstić information content (AvgIpc) is 1.82. The molecule has 0 aliphatic heterocycles. The van der Waals surface area contributed by atoms with Crippen molar-refractivity contribution in [2.75, 3.05) is 0 Å². The van der Waals surface area contributed by atoms with E-state index in [0.29, 0.717) is 6.42 Å². The first-order valence-corrected chi connectivity index (χ1v) is 3.26. The molecule has 0 aromatic carbocycles. The lowest BCUT2D eigenvalue weighted by Gasteiger charge is -2.02. The number of Topliss-reactive ketones (excluding diaryl/α,β-unsaturated/α-hetero) is 1. The summed E-state index contributed by atoms with van der Waals surface area (Å²) < 4.78 is 0. The molecule has 0 saturated carbocycles. The Bertz CT molecular complexity index is 140. The van der Waals surface area contributed by atoms with E-state index in [2.05, 4.69) is 0 Å². The van der Waals surface area contributed by atoms with Crippen LogP contribution in [-0.4, -0.2) is 16.9 Å². The van der Waals surface area contributed by atoms with E-state index in [0.717, 1.165) is 0 Å². The van der Waals surface area contributed by atoms with Gasteiger partial charge in [0.15, 0.2) is 0 Å². The molecule has 0 radical (unpaired) electrons. The molecule has 0 fully saturated rings. The van der Waals surface area contributed by atoms with Crippen molar-refractivity contribution in [2.24, 2.45) is 5.92 Å². The van der Waals surface area contributed by atoms with Gasteiger partial charge < -0.3 is 5.11 Å². The molecular weight excluding hydrogens is 132 g/mol. The van der Waals surface area contributed by atoms with Crippen LogP contribution >= 0.6 is 0 Å². The molecule has 0 bridgehead atoms. The van der Waals surface area contributed by atoms with Crippen LogP contribution in [0.4, 0.5) is 0 Å². The van der Waals surface area contributed by atoms with Gasteiger partial charge in [-0.05, 0) is 13.3 Å². The zero-order chi connectivity index (χ0) is 8.15. The van der Waals surface area contributed by atoms with Crippen LogP contribution in [0.2, 0.25) is 0 Å². The van der Waals surface area contributed by atoms with Crippen molar-refractivity contribution < 1.29 is 14.7 Å². The van der Waals surface area contributed by atoms with Gasteiger partial charge in [0.2, 0.25) is 0 Å². The third-order valence-electron chi connectivity index (χ3n) is 1.49. The minimum atomic E-state index is -0.840. The molecule has 58 valence electrons. The van der Waals surface area contributed by atoms with E-state index < -0.39 is 5.97 Å². The van der Waals surface area contributed by atoms with Crippen molar-refractivity contribution in [1.29, 1.82) is 0 Å². The van der Waals surface area contributed by atoms with Crippen molar-refractivity contribution >= 4 is 11.8 Å². The Labute approximate surface area is 60.0 Å². The first-order valence-electron chi connectivity index (χ1n) is 3.26. The highest BCUT2D eigenvalue weighted by Crippen LogP contribution is 2.05. The Hall–Kier alpha value is -0.860. The smallest absolute Gasteiger partial charge is 0.303 e. The van der Waals surface area contributed by atoms with Crippen LogP contribution in [0.1, 0.15) is 26.7 Å². The van der Waals surface area contributed by atoms with Crippen molar-refractivity contribution in [1.82, 2.24) is 0 Å². The maximum absolute atomic E-state index is 10.6. The normalized spacial score (nSPS) is 12.6. The van der Waals surface area contributed by atoms with Crippen LogP contribution in [0.25, 0.3) is 0 Å². The Kier molecular flexibility index (Phi) is 3.69. The van der Waals surface area contributed by atoms with Crippen molar-refractivity contribution in [3.63, 3.8) is 0 Å². The first-order chi connectivity index (χ1) is 4.54. The zero-order valence-electron chi connectivity index (χ0n) is 6.26. The number of rotatable bonds is 4. The number of ketones is 1. The molecule has 1 N–H and O–H groups in total. The molecule has 0 aromatic heterocycles. The summed E-state index contributed by atoms with van der Waals surface area (Å²) in [4.78, 5) is 20.6. The maximum Gasteiger partial charge on any atom is 0.303 e. The molecule has 3 heteroatoms. The van der Waals surface area contributed by atoms with Gasteiger partial charge in [0.05, 0.1) is 0 Å². The van der Waals surface area contributed by atoms with Crippen LogP contribution in [-0.2, 0) is 9.59 Å². The molecule has 0 spiro atoms. The number of carboxylic acids is 1. The van der Waals surface area contributed by atoms with Crippen LogP contribution in [0.5, 0.6) is 0 Å². The number of aliphatic carboxylic acids is 1. The highest BCUT2D eigenvalue weighted by Gasteiger charge is 2.08. The molecule has 1 unspecified atom stereocenters. The van der Waals surface area contributed by atoms with E-state index in [9.17, 15) is 9.59 Å². The fourth-order valence-corrected chi connectivity index (χ4v) is 0.543. The second-order valence-electron chi connectivity index (χ2n) is 2.44. The second-order valence-corrected chi connectivity index (χ2v) is 2.44. The predicted octanol–water partition coefficient (Wildman–Crippen LogP) is 1.08. The van der Waals surface area contributed by atoms with E-state index in [4.69, 9.17) is 5.11 Å². The van der Waals surface area contributed by atoms with E-state index in [-0.39, 0.29) is 18.1 Å². The molecule has 10 heavy (non-hydrogen) atoms. The SMILES string of the molecule is CC(=O)C(C)CCC(=O)O. The quantitative estimate of drug-likeness (QED) is 0.642. The summed E-state index contributed by atoms with van der Waals surface area (Å²) in [6.45, 7) is 3.22. The number of carbonyl (C=O) groups excluding carboxylic acids is 1. The van der Waals surface area contributed by atoms with Gasteiger partial charge in [0, 0.05) is 12.3 Å². The molecule has 0 heterocycles. The molecule has 0 saturated heterocycles. The number of hydrogen-bond donors (Lipinski definition) is 1. The number of carbonyl (C=O) groups is 2. The molecule has 0 amide bonds. The number of hydrogen-bond acceptors (Lipinski definition) is 2. The number of carboxylic acid groups (broad SMARTS) is 1. The lowest BCUT2D eigenvalue weighted by atomic mass is 10.0. The van der Waals surface area contributed by atoms with Crippen LogP contribution in [0.3, 0.4) is 0 Å². The standard InChI is InChI=1S/C7H12O3/c1-5(6(2)8)3-4-7(9)10/h5H,3-4H2,1-2H3,(H,9,10). The lowest BCUT2D eigenvalue weighted by molar-refractivity contribution is -0.137. The van der Waals surface area contributed by atoms with Gasteiger partial charge in [-0.15, -0.1) is 0 Å². The second kappa shape index (κ2) is 4.04. The molecule has 0 aromatic rings. The maximum atomic E-state index is 10.6. The zero-order valence-corrected chi connectivity index (χ0v) is 6.26. The fraction of sp³-hybridized carbons (Fsp3) is 0.714. The average molecular weight is 144 g/mol. The Balaban J connectivity index is 3.49. The first kappa shape index (κ1) is 9.14. The molecule has 0 aliphatic rings. The Morgan fingerprint density at radius 3 is 2.30 bits per heavy atom. The van der Waals surface area contributed by atoms with Gasteiger partial charge in [0.25, 0.3) is 0 Å². The van der Waals surface area contributed by atoms with Gasteiger partial charge in [-0.2, -0.15) is 0 Å². The van der Waals surface area contributed by atoms with E-state index in [1.54, 1.807) is 6.92 Å². The predicted molar refractivity (Wildman–Crippen MR) is 36.7 cm³/mol. The minimum Gasteiger partial charge on any atom is -0.481 e. The van der Waals surface area contributed by atoms with E-state index in [1.165, 1.54) is 6.92 Å². The van der Waals surface area contributed by atoms with Gasteiger partial charge in [-0.3, -0.25) is 9.59 Å². The minimum absolute atomic E-state index is 0.0567. The molecular formula is C7H12O3. The van der Waals surface area contributed by atoms with Gasteiger partial charge >= 0.3 is 5.97 Å². The van der Waals surface area contributed by atoms with Gasteiger partial charge in [-0.25, -0.2) is 0 Å². The largest absolute Gasteiger partial charge is 0.481 e. The van der Waals surface area contributed by atoms with Gasteiger partial charge in [0.1, 0.15) is 5.78 Å². The van der Waals surface area contributed by atoms with Crippen LogP contribution in [0, 0.1) is 5.92 Å². The van der Waals surface area contributed by atoms with Gasteiger partial charge in [-0.1, -0.05) is 6.92 Å².